The molecule has 0 saturated heterocycles. The lowest BCUT2D eigenvalue weighted by Gasteiger charge is -2.04. The molecule has 0 spiro atoms. The summed E-state index contributed by atoms with van der Waals surface area (Å²) in [5.74, 6) is 0. The van der Waals surface area contributed by atoms with Gasteiger partial charge in [0.25, 0.3) is 0 Å². The Kier molecular flexibility index (Phi) is 2.65. The SMILES string of the molecule is CC(C)NCc1cn(C)cn1. The van der Waals surface area contributed by atoms with Crippen LogP contribution in [-0.4, -0.2) is 15.6 Å². The lowest BCUT2D eigenvalue weighted by Crippen LogP contribution is -2.21. The van der Waals surface area contributed by atoms with E-state index in [1.807, 2.05) is 24.1 Å². The van der Waals surface area contributed by atoms with Crippen LogP contribution < -0.4 is 5.32 Å². The Hall–Kier alpha value is -0.830. The van der Waals surface area contributed by atoms with E-state index in [9.17, 15) is 0 Å². The number of aromatic nitrogens is 2. The molecular weight excluding hydrogens is 138 g/mol. The van der Waals surface area contributed by atoms with E-state index in [1.54, 1.807) is 0 Å². The molecule has 62 valence electrons. The molecule has 0 aliphatic carbocycles. The van der Waals surface area contributed by atoms with E-state index in [0.29, 0.717) is 6.04 Å². The van der Waals surface area contributed by atoms with E-state index < -0.39 is 0 Å². The van der Waals surface area contributed by atoms with E-state index in [-0.39, 0.29) is 0 Å². The maximum absolute atomic E-state index is 4.19. The Labute approximate surface area is 67.4 Å². The van der Waals surface area contributed by atoms with E-state index >= 15 is 0 Å². The number of nitrogens with zero attached hydrogens (tertiary/aromatic N) is 2. The lowest BCUT2D eigenvalue weighted by atomic mass is 10.3. The maximum Gasteiger partial charge on any atom is 0.0947 e. The van der Waals surface area contributed by atoms with Crippen LogP contribution in [0.3, 0.4) is 0 Å². The number of hydrogen-bond acceptors (Lipinski definition) is 2. The minimum atomic E-state index is 0.525. The van der Waals surface area contributed by atoms with Crippen molar-refractivity contribution in [2.75, 3.05) is 0 Å². The molecule has 0 bridgehead atoms. The topological polar surface area (TPSA) is 29.9 Å². The summed E-state index contributed by atoms with van der Waals surface area (Å²) in [6.45, 7) is 5.12. The predicted molar refractivity (Wildman–Crippen MR) is 45.2 cm³/mol. The third-order valence-corrected chi connectivity index (χ3v) is 1.45. The fourth-order valence-corrected chi connectivity index (χ4v) is 0.867. The highest BCUT2D eigenvalue weighted by Crippen LogP contribution is 1.93. The van der Waals surface area contributed by atoms with Crippen molar-refractivity contribution in [2.24, 2.45) is 7.05 Å². The molecule has 0 saturated carbocycles. The third kappa shape index (κ3) is 2.72. The van der Waals surface area contributed by atoms with E-state index in [2.05, 4.69) is 24.1 Å². The Balaban J connectivity index is 2.39. The van der Waals surface area contributed by atoms with E-state index in [1.165, 1.54) is 0 Å². The molecule has 3 heteroatoms. The smallest absolute Gasteiger partial charge is 0.0947 e. The summed E-state index contributed by atoms with van der Waals surface area (Å²) in [5.41, 5.74) is 1.10. The summed E-state index contributed by atoms with van der Waals surface area (Å²) >= 11 is 0. The van der Waals surface area contributed by atoms with Gasteiger partial charge in [0.2, 0.25) is 0 Å². The van der Waals surface area contributed by atoms with Crippen LogP contribution in [0.1, 0.15) is 19.5 Å². The molecule has 11 heavy (non-hydrogen) atoms. The quantitative estimate of drug-likeness (QED) is 0.699. The van der Waals surface area contributed by atoms with Crippen molar-refractivity contribution >= 4 is 0 Å². The molecule has 0 aliphatic heterocycles. The van der Waals surface area contributed by atoms with Crippen LogP contribution in [0, 0.1) is 0 Å². The van der Waals surface area contributed by atoms with Gasteiger partial charge in [0.15, 0.2) is 0 Å². The number of aryl methyl sites for hydroxylation is 1. The fraction of sp³-hybridized carbons (Fsp3) is 0.625. The van der Waals surface area contributed by atoms with Crippen molar-refractivity contribution in [2.45, 2.75) is 26.4 Å². The van der Waals surface area contributed by atoms with Gasteiger partial charge in [-0.2, -0.15) is 0 Å². The van der Waals surface area contributed by atoms with Crippen molar-refractivity contribution < 1.29 is 0 Å². The average Bonchev–Trinajstić information content (AvgIpc) is 2.31. The highest BCUT2D eigenvalue weighted by Gasteiger charge is 1.96. The zero-order valence-electron chi connectivity index (χ0n) is 7.33. The molecule has 1 N–H and O–H groups in total. The molecule has 1 aromatic rings. The highest BCUT2D eigenvalue weighted by molar-refractivity contribution is 4.95. The Morgan fingerprint density at radius 2 is 2.36 bits per heavy atom. The third-order valence-electron chi connectivity index (χ3n) is 1.45. The second-order valence-electron chi connectivity index (χ2n) is 3.07. The van der Waals surface area contributed by atoms with Crippen molar-refractivity contribution in [3.8, 4) is 0 Å². The first-order valence-electron chi connectivity index (χ1n) is 3.88. The van der Waals surface area contributed by atoms with E-state index in [4.69, 9.17) is 0 Å². The molecular formula is C8H15N3. The summed E-state index contributed by atoms with van der Waals surface area (Å²) < 4.78 is 1.96. The van der Waals surface area contributed by atoms with Gasteiger partial charge >= 0.3 is 0 Å². The molecule has 0 aliphatic rings. The number of imidazole rings is 1. The van der Waals surface area contributed by atoms with Crippen LogP contribution in [-0.2, 0) is 13.6 Å². The molecule has 0 aromatic carbocycles. The average molecular weight is 153 g/mol. The molecule has 0 amide bonds. The van der Waals surface area contributed by atoms with Gasteiger partial charge in [0.1, 0.15) is 0 Å². The number of rotatable bonds is 3. The van der Waals surface area contributed by atoms with Gasteiger partial charge in [-0.05, 0) is 0 Å². The van der Waals surface area contributed by atoms with Crippen molar-refractivity contribution in [3.63, 3.8) is 0 Å². The van der Waals surface area contributed by atoms with Gasteiger partial charge in [0.05, 0.1) is 12.0 Å². The first kappa shape index (κ1) is 8.27. The van der Waals surface area contributed by atoms with Gasteiger partial charge in [-0.15, -0.1) is 0 Å². The largest absolute Gasteiger partial charge is 0.340 e. The summed E-state index contributed by atoms with van der Waals surface area (Å²) in [4.78, 5) is 4.19. The van der Waals surface area contributed by atoms with Crippen molar-refractivity contribution in [3.05, 3.63) is 18.2 Å². The number of nitrogens with one attached hydrogen (secondary N) is 1. The highest BCUT2D eigenvalue weighted by atomic mass is 15.0. The van der Waals surface area contributed by atoms with E-state index in [0.717, 1.165) is 12.2 Å². The molecule has 1 rings (SSSR count). The zero-order chi connectivity index (χ0) is 8.27. The zero-order valence-corrected chi connectivity index (χ0v) is 7.33. The van der Waals surface area contributed by atoms with Crippen LogP contribution in [0.5, 0.6) is 0 Å². The first-order valence-corrected chi connectivity index (χ1v) is 3.88. The fourth-order valence-electron chi connectivity index (χ4n) is 0.867. The van der Waals surface area contributed by atoms with Gasteiger partial charge in [-0.1, -0.05) is 13.8 Å². The molecule has 0 unspecified atom stereocenters. The molecule has 3 nitrogen and oxygen atoms in total. The molecule has 0 radical (unpaired) electrons. The van der Waals surface area contributed by atoms with Crippen LogP contribution in [0.4, 0.5) is 0 Å². The van der Waals surface area contributed by atoms with Crippen LogP contribution in [0.2, 0.25) is 0 Å². The number of hydrogen-bond donors (Lipinski definition) is 1. The summed E-state index contributed by atoms with van der Waals surface area (Å²) in [5, 5.41) is 3.30. The Bertz CT molecular complexity index is 215. The molecule has 1 heterocycles. The second kappa shape index (κ2) is 3.53. The Morgan fingerprint density at radius 1 is 1.64 bits per heavy atom. The van der Waals surface area contributed by atoms with Crippen molar-refractivity contribution in [1.82, 2.24) is 14.9 Å². The van der Waals surface area contributed by atoms with Crippen LogP contribution in [0.15, 0.2) is 12.5 Å². The monoisotopic (exact) mass is 153 g/mol. The van der Waals surface area contributed by atoms with Gasteiger partial charge in [-0.25, -0.2) is 4.98 Å². The van der Waals surface area contributed by atoms with Crippen LogP contribution in [0.25, 0.3) is 0 Å². The van der Waals surface area contributed by atoms with Crippen molar-refractivity contribution in [1.29, 1.82) is 0 Å². The lowest BCUT2D eigenvalue weighted by molar-refractivity contribution is 0.582. The summed E-state index contributed by atoms with van der Waals surface area (Å²) in [7, 11) is 1.98. The minimum Gasteiger partial charge on any atom is -0.340 e. The van der Waals surface area contributed by atoms with Gasteiger partial charge in [0, 0.05) is 25.8 Å². The molecule has 1 aromatic heterocycles. The standard InChI is InChI=1S/C8H15N3/c1-7(2)9-4-8-5-11(3)6-10-8/h5-7,9H,4H2,1-3H3. The Morgan fingerprint density at radius 3 is 2.82 bits per heavy atom. The minimum absolute atomic E-state index is 0.525. The summed E-state index contributed by atoms with van der Waals surface area (Å²) in [6, 6.07) is 0.525. The first-order chi connectivity index (χ1) is 5.18. The second-order valence-corrected chi connectivity index (χ2v) is 3.07. The maximum atomic E-state index is 4.19. The molecule has 0 fully saturated rings. The summed E-state index contributed by atoms with van der Waals surface area (Å²) in [6.07, 6.45) is 3.84. The normalized spacial score (nSPS) is 10.9. The van der Waals surface area contributed by atoms with Gasteiger partial charge in [-0.3, -0.25) is 0 Å². The predicted octanol–water partition coefficient (Wildman–Crippen LogP) is 0.918. The van der Waals surface area contributed by atoms with Gasteiger partial charge < -0.3 is 9.88 Å². The molecule has 0 atom stereocenters. The van der Waals surface area contributed by atoms with Crippen LogP contribution >= 0.6 is 0 Å².